The molecule has 1 aromatic rings. The number of benzene rings is 1. The predicted octanol–water partition coefficient (Wildman–Crippen LogP) is 1.51. The Morgan fingerprint density at radius 1 is 1.19 bits per heavy atom. The smallest absolute Gasteiger partial charge is 0.243 e. The molecule has 6 heteroatoms. The Bertz CT molecular complexity index is 607. The van der Waals surface area contributed by atoms with Crippen LogP contribution in [0.25, 0.3) is 0 Å². The molecule has 0 bridgehead atoms. The minimum atomic E-state index is -3.38. The first-order valence-electron chi connectivity index (χ1n) is 7.61. The quantitative estimate of drug-likeness (QED) is 0.918. The minimum Gasteiger partial charge on any atom is -0.488 e. The van der Waals surface area contributed by atoms with Crippen molar-refractivity contribution in [3.63, 3.8) is 0 Å². The molecule has 2 aliphatic rings. The highest BCUT2D eigenvalue weighted by Crippen LogP contribution is 2.31. The summed E-state index contributed by atoms with van der Waals surface area (Å²) in [5, 5.41) is 0. The number of nitrogens with two attached hydrogens (primary N) is 1. The Morgan fingerprint density at radius 3 is 2.57 bits per heavy atom. The summed E-state index contributed by atoms with van der Waals surface area (Å²) in [5.74, 6) is 0.764. The van der Waals surface area contributed by atoms with Crippen molar-refractivity contribution < 1.29 is 13.2 Å². The van der Waals surface area contributed by atoms with Crippen LogP contribution < -0.4 is 10.5 Å². The SMILES string of the molecule is NCC1Cc2cc(S(=O)(=O)N3CCCCCC3)ccc2O1. The van der Waals surface area contributed by atoms with Gasteiger partial charge in [-0.2, -0.15) is 4.31 Å². The number of hydrogen-bond acceptors (Lipinski definition) is 4. The monoisotopic (exact) mass is 310 g/mol. The van der Waals surface area contributed by atoms with E-state index in [1.54, 1.807) is 22.5 Å². The van der Waals surface area contributed by atoms with E-state index in [4.69, 9.17) is 10.5 Å². The largest absolute Gasteiger partial charge is 0.488 e. The number of fused-ring (bicyclic) bond motifs is 1. The van der Waals surface area contributed by atoms with Crippen molar-refractivity contribution in [2.75, 3.05) is 19.6 Å². The molecule has 1 aromatic carbocycles. The van der Waals surface area contributed by atoms with Gasteiger partial charge in [0.25, 0.3) is 0 Å². The zero-order chi connectivity index (χ0) is 14.9. The lowest BCUT2D eigenvalue weighted by molar-refractivity contribution is 0.241. The molecule has 21 heavy (non-hydrogen) atoms. The molecule has 2 aliphatic heterocycles. The van der Waals surface area contributed by atoms with E-state index in [-0.39, 0.29) is 6.10 Å². The van der Waals surface area contributed by atoms with Gasteiger partial charge in [0.15, 0.2) is 0 Å². The van der Waals surface area contributed by atoms with Crippen LogP contribution in [-0.4, -0.2) is 38.5 Å². The van der Waals surface area contributed by atoms with Crippen LogP contribution in [0, 0.1) is 0 Å². The molecular weight excluding hydrogens is 288 g/mol. The number of rotatable bonds is 3. The van der Waals surface area contributed by atoms with Crippen LogP contribution in [0.4, 0.5) is 0 Å². The number of sulfonamides is 1. The fraction of sp³-hybridized carbons (Fsp3) is 0.600. The molecule has 116 valence electrons. The van der Waals surface area contributed by atoms with Crippen molar-refractivity contribution in [1.82, 2.24) is 4.31 Å². The maximum absolute atomic E-state index is 12.8. The molecule has 0 spiro atoms. The van der Waals surface area contributed by atoms with E-state index < -0.39 is 10.0 Å². The number of hydrogen-bond donors (Lipinski definition) is 1. The van der Waals surface area contributed by atoms with Gasteiger partial charge in [0, 0.05) is 26.1 Å². The highest BCUT2D eigenvalue weighted by atomic mass is 32.2. The van der Waals surface area contributed by atoms with Crippen LogP contribution >= 0.6 is 0 Å². The van der Waals surface area contributed by atoms with Crippen molar-refractivity contribution in [2.45, 2.75) is 43.1 Å². The summed E-state index contributed by atoms with van der Waals surface area (Å²) < 4.78 is 32.8. The molecule has 5 nitrogen and oxygen atoms in total. The van der Waals surface area contributed by atoms with Gasteiger partial charge in [-0.15, -0.1) is 0 Å². The summed E-state index contributed by atoms with van der Waals surface area (Å²) in [5.41, 5.74) is 6.57. The van der Waals surface area contributed by atoms with Gasteiger partial charge in [0.1, 0.15) is 11.9 Å². The molecule has 0 amide bonds. The molecule has 2 N–H and O–H groups in total. The van der Waals surface area contributed by atoms with Crippen LogP contribution in [0.15, 0.2) is 23.1 Å². The molecular formula is C15H22N2O3S. The highest BCUT2D eigenvalue weighted by Gasteiger charge is 2.28. The third kappa shape index (κ3) is 2.93. The van der Waals surface area contributed by atoms with Crippen molar-refractivity contribution in [3.05, 3.63) is 23.8 Å². The Kier molecular flexibility index (Phi) is 4.19. The first-order valence-corrected chi connectivity index (χ1v) is 9.05. The number of nitrogens with zero attached hydrogens (tertiary/aromatic N) is 1. The fourth-order valence-corrected chi connectivity index (χ4v) is 4.59. The Morgan fingerprint density at radius 2 is 1.90 bits per heavy atom. The second-order valence-electron chi connectivity index (χ2n) is 5.77. The Hall–Kier alpha value is -1.11. The van der Waals surface area contributed by atoms with E-state index in [0.29, 0.717) is 31.0 Å². The van der Waals surface area contributed by atoms with E-state index in [0.717, 1.165) is 37.0 Å². The van der Waals surface area contributed by atoms with Crippen molar-refractivity contribution in [2.24, 2.45) is 5.73 Å². The van der Waals surface area contributed by atoms with Crippen molar-refractivity contribution >= 4 is 10.0 Å². The molecule has 0 radical (unpaired) electrons. The van der Waals surface area contributed by atoms with Crippen LogP contribution in [0.2, 0.25) is 0 Å². The first-order chi connectivity index (χ1) is 10.1. The zero-order valence-electron chi connectivity index (χ0n) is 12.1. The normalized spacial score (nSPS) is 23.4. The Balaban J connectivity index is 1.86. The van der Waals surface area contributed by atoms with Crippen LogP contribution in [0.5, 0.6) is 5.75 Å². The lowest BCUT2D eigenvalue weighted by atomic mass is 10.1. The standard InChI is InChI=1S/C15H22N2O3S/c16-11-13-9-12-10-14(5-6-15(12)20-13)21(18,19)17-7-3-1-2-4-8-17/h5-6,10,13H,1-4,7-9,11,16H2. The highest BCUT2D eigenvalue weighted by molar-refractivity contribution is 7.89. The number of ether oxygens (including phenoxy) is 1. The maximum Gasteiger partial charge on any atom is 0.243 e. The van der Waals surface area contributed by atoms with Crippen molar-refractivity contribution in [1.29, 1.82) is 0 Å². The molecule has 2 heterocycles. The molecule has 1 saturated heterocycles. The first kappa shape index (κ1) is 14.8. The Labute approximate surface area is 126 Å². The van der Waals surface area contributed by atoms with Crippen molar-refractivity contribution in [3.8, 4) is 5.75 Å². The summed E-state index contributed by atoms with van der Waals surface area (Å²) in [6.07, 6.45) is 4.78. The van der Waals surface area contributed by atoms with Gasteiger partial charge in [-0.3, -0.25) is 0 Å². The van der Waals surface area contributed by atoms with Gasteiger partial charge in [0.2, 0.25) is 10.0 Å². The van der Waals surface area contributed by atoms with E-state index in [1.165, 1.54) is 0 Å². The molecule has 1 atom stereocenters. The maximum atomic E-state index is 12.8. The van der Waals surface area contributed by atoms with Gasteiger partial charge in [-0.25, -0.2) is 8.42 Å². The molecule has 1 unspecified atom stereocenters. The van der Waals surface area contributed by atoms with Gasteiger partial charge in [-0.1, -0.05) is 12.8 Å². The fourth-order valence-electron chi connectivity index (χ4n) is 3.02. The molecule has 0 aliphatic carbocycles. The van der Waals surface area contributed by atoms with E-state index in [1.807, 2.05) is 0 Å². The summed E-state index contributed by atoms with van der Waals surface area (Å²) in [6.45, 7) is 1.70. The second kappa shape index (κ2) is 5.94. The lowest BCUT2D eigenvalue weighted by Crippen LogP contribution is -2.31. The van der Waals surface area contributed by atoms with E-state index in [2.05, 4.69) is 0 Å². The van der Waals surface area contributed by atoms with Crippen LogP contribution in [0.1, 0.15) is 31.2 Å². The summed E-state index contributed by atoms with van der Waals surface area (Å²) in [7, 11) is -3.38. The van der Waals surface area contributed by atoms with Gasteiger partial charge < -0.3 is 10.5 Å². The van der Waals surface area contributed by atoms with E-state index >= 15 is 0 Å². The average molecular weight is 310 g/mol. The summed E-state index contributed by atoms with van der Waals surface area (Å²) in [4.78, 5) is 0.379. The molecule has 1 fully saturated rings. The third-order valence-corrected chi connectivity index (χ3v) is 6.13. The predicted molar refractivity (Wildman–Crippen MR) is 80.8 cm³/mol. The van der Waals surface area contributed by atoms with E-state index in [9.17, 15) is 8.42 Å². The van der Waals surface area contributed by atoms with Crippen LogP contribution in [-0.2, 0) is 16.4 Å². The zero-order valence-corrected chi connectivity index (χ0v) is 12.9. The van der Waals surface area contributed by atoms with Gasteiger partial charge in [-0.05, 0) is 36.6 Å². The average Bonchev–Trinajstić information content (AvgIpc) is 2.69. The van der Waals surface area contributed by atoms with Gasteiger partial charge in [0.05, 0.1) is 4.90 Å². The summed E-state index contributed by atoms with van der Waals surface area (Å²) >= 11 is 0. The summed E-state index contributed by atoms with van der Waals surface area (Å²) in [6, 6.07) is 5.17. The second-order valence-corrected chi connectivity index (χ2v) is 7.71. The van der Waals surface area contributed by atoms with Gasteiger partial charge >= 0.3 is 0 Å². The lowest BCUT2D eigenvalue weighted by Gasteiger charge is -2.20. The molecule has 0 saturated carbocycles. The topological polar surface area (TPSA) is 72.6 Å². The molecule has 0 aromatic heterocycles. The third-order valence-electron chi connectivity index (χ3n) is 4.24. The molecule has 3 rings (SSSR count). The minimum absolute atomic E-state index is 0.0314. The van der Waals surface area contributed by atoms with Crippen LogP contribution in [0.3, 0.4) is 0 Å².